The number of hydrogen-bond acceptors (Lipinski definition) is 3. The maximum Gasteiger partial charge on any atom is 0.125 e. The molecule has 2 unspecified atom stereocenters. The second-order valence-electron chi connectivity index (χ2n) is 6.74. The van der Waals surface area contributed by atoms with Gasteiger partial charge < -0.3 is 15.3 Å². The summed E-state index contributed by atoms with van der Waals surface area (Å²) in [4.78, 5) is 1.99. The van der Waals surface area contributed by atoms with Crippen LogP contribution in [0, 0.1) is 0 Å². The molecule has 0 saturated heterocycles. The minimum absolute atomic E-state index is 0.285. The summed E-state index contributed by atoms with van der Waals surface area (Å²) in [6.07, 6.45) is 24.1. The molecule has 3 nitrogen and oxygen atoms in total. The average Bonchev–Trinajstić information content (AvgIpc) is 3.00. The van der Waals surface area contributed by atoms with Crippen LogP contribution < -0.4 is 5.32 Å². The number of unbranched alkanes of at least 4 members (excludes halogenated alkanes) is 9. The molecule has 2 N–H and O–H groups in total. The van der Waals surface area contributed by atoms with Crippen LogP contribution in [0.2, 0.25) is 0 Å². The summed E-state index contributed by atoms with van der Waals surface area (Å²) in [6, 6.07) is 0. The van der Waals surface area contributed by atoms with Gasteiger partial charge in [-0.2, -0.15) is 0 Å². The van der Waals surface area contributed by atoms with Crippen LogP contribution in [0.4, 0.5) is 0 Å². The Kier molecular flexibility index (Phi) is 11.8. The van der Waals surface area contributed by atoms with E-state index >= 15 is 0 Å². The smallest absolute Gasteiger partial charge is 0.125 e. The summed E-state index contributed by atoms with van der Waals surface area (Å²) in [7, 11) is 0. The van der Waals surface area contributed by atoms with Crippen LogP contribution in [-0.4, -0.2) is 22.4 Å². The highest BCUT2D eigenvalue weighted by Crippen LogP contribution is 2.16. The Morgan fingerprint density at radius 1 is 1.00 bits per heavy atom. The lowest BCUT2D eigenvalue weighted by Gasteiger charge is -2.28. The molecule has 0 fully saturated rings. The zero-order chi connectivity index (χ0) is 16.8. The Balaban J connectivity index is 1.85. The highest BCUT2D eigenvalue weighted by Gasteiger charge is 2.20. The van der Waals surface area contributed by atoms with Crippen LogP contribution in [0.1, 0.15) is 90.9 Å². The second kappa shape index (κ2) is 13.5. The molecule has 134 valence electrons. The van der Waals surface area contributed by atoms with Crippen LogP contribution in [0.15, 0.2) is 24.6 Å². The Labute approximate surface area is 143 Å². The van der Waals surface area contributed by atoms with E-state index in [4.69, 9.17) is 0 Å². The van der Waals surface area contributed by atoms with Crippen LogP contribution in [0.5, 0.6) is 0 Å². The molecule has 0 aromatic carbocycles. The van der Waals surface area contributed by atoms with Gasteiger partial charge in [0.15, 0.2) is 0 Å². The largest absolute Gasteiger partial charge is 0.374 e. The molecular formula is C20H38N2O. The second-order valence-corrected chi connectivity index (χ2v) is 6.74. The number of nitrogens with zero attached hydrogens (tertiary/aromatic N) is 1. The van der Waals surface area contributed by atoms with Crippen molar-refractivity contribution in [3.05, 3.63) is 24.6 Å². The number of aliphatic hydroxyl groups excluding tert-OH is 1. The molecule has 0 aromatic rings. The van der Waals surface area contributed by atoms with Crippen LogP contribution in [-0.2, 0) is 0 Å². The first kappa shape index (κ1) is 20.1. The lowest BCUT2D eigenvalue weighted by atomic mass is 10.1. The van der Waals surface area contributed by atoms with E-state index in [1.807, 2.05) is 24.2 Å². The number of allylic oxidation sites excluding steroid dienone is 2. The number of hydrogen-bond donors (Lipinski definition) is 2. The quantitative estimate of drug-likeness (QED) is 0.337. The summed E-state index contributed by atoms with van der Waals surface area (Å²) in [5.74, 6) is 0. The van der Waals surface area contributed by atoms with Crippen molar-refractivity contribution in [3.63, 3.8) is 0 Å². The maximum absolute atomic E-state index is 9.66. The van der Waals surface area contributed by atoms with Gasteiger partial charge in [0.05, 0.1) is 0 Å². The van der Waals surface area contributed by atoms with Gasteiger partial charge in [-0.25, -0.2) is 0 Å². The van der Waals surface area contributed by atoms with E-state index in [1.165, 1.54) is 70.6 Å². The molecule has 0 spiro atoms. The number of nitrogens with one attached hydrogen (secondary N) is 1. The summed E-state index contributed by atoms with van der Waals surface area (Å²) in [5, 5.41) is 13.0. The first-order chi connectivity index (χ1) is 11.3. The highest BCUT2D eigenvalue weighted by molar-refractivity contribution is 4.94. The fourth-order valence-corrected chi connectivity index (χ4v) is 3.10. The fraction of sp³-hybridized carbons (Fsp3) is 0.800. The fourth-order valence-electron chi connectivity index (χ4n) is 3.10. The third-order valence-corrected chi connectivity index (χ3v) is 4.57. The molecular weight excluding hydrogens is 284 g/mol. The van der Waals surface area contributed by atoms with E-state index in [1.54, 1.807) is 0 Å². The third kappa shape index (κ3) is 9.70. The Hall–Kier alpha value is -0.960. The molecule has 1 rings (SSSR count). The SMILES string of the molecule is CCCCC/C=C/CCCCCCCCC1NC=CN1C(C)O. The van der Waals surface area contributed by atoms with Gasteiger partial charge in [0.25, 0.3) is 0 Å². The van der Waals surface area contributed by atoms with Crippen LogP contribution in [0.25, 0.3) is 0 Å². The zero-order valence-corrected chi connectivity index (χ0v) is 15.3. The minimum Gasteiger partial charge on any atom is -0.374 e. The van der Waals surface area contributed by atoms with Crippen molar-refractivity contribution in [3.8, 4) is 0 Å². The molecule has 0 saturated carbocycles. The molecule has 3 heteroatoms. The van der Waals surface area contributed by atoms with Crippen LogP contribution >= 0.6 is 0 Å². The van der Waals surface area contributed by atoms with E-state index in [0.29, 0.717) is 0 Å². The van der Waals surface area contributed by atoms with Gasteiger partial charge in [-0.15, -0.1) is 0 Å². The van der Waals surface area contributed by atoms with Gasteiger partial charge in [-0.05, 0) is 45.4 Å². The standard InChI is InChI=1S/C20H38N2O/c1-3-4-5-6-7-8-9-10-11-12-13-14-15-16-20-21-17-18-22(20)19(2)23/h7-8,17-21,23H,3-6,9-16H2,1-2H3/b8-7+. The van der Waals surface area contributed by atoms with E-state index in [0.717, 1.165) is 6.42 Å². The molecule has 0 aromatic heterocycles. The van der Waals surface area contributed by atoms with E-state index in [-0.39, 0.29) is 6.17 Å². The molecule has 1 aliphatic heterocycles. The molecule has 1 aliphatic rings. The van der Waals surface area contributed by atoms with Gasteiger partial charge in [-0.3, -0.25) is 0 Å². The van der Waals surface area contributed by atoms with E-state index in [2.05, 4.69) is 24.4 Å². The average molecular weight is 323 g/mol. The molecule has 1 heterocycles. The molecule has 0 aliphatic carbocycles. The van der Waals surface area contributed by atoms with Crippen molar-refractivity contribution in [2.75, 3.05) is 0 Å². The van der Waals surface area contributed by atoms with Crippen molar-refractivity contribution < 1.29 is 5.11 Å². The lowest BCUT2D eigenvalue weighted by molar-refractivity contribution is 0.0254. The van der Waals surface area contributed by atoms with E-state index < -0.39 is 6.23 Å². The predicted molar refractivity (Wildman–Crippen MR) is 99.8 cm³/mol. The molecule has 23 heavy (non-hydrogen) atoms. The Morgan fingerprint density at radius 3 is 2.26 bits per heavy atom. The van der Waals surface area contributed by atoms with Crippen molar-refractivity contribution in [2.45, 2.75) is 103 Å². The summed E-state index contributed by atoms with van der Waals surface area (Å²) >= 11 is 0. The Morgan fingerprint density at radius 2 is 1.61 bits per heavy atom. The number of aliphatic hydroxyl groups is 1. The van der Waals surface area contributed by atoms with Crippen molar-refractivity contribution in [1.29, 1.82) is 0 Å². The van der Waals surface area contributed by atoms with Crippen LogP contribution in [0.3, 0.4) is 0 Å². The lowest BCUT2D eigenvalue weighted by Crippen LogP contribution is -2.40. The Bertz CT molecular complexity index is 326. The van der Waals surface area contributed by atoms with Crippen molar-refractivity contribution >= 4 is 0 Å². The highest BCUT2D eigenvalue weighted by atomic mass is 16.3. The van der Waals surface area contributed by atoms with Gasteiger partial charge >= 0.3 is 0 Å². The minimum atomic E-state index is -0.402. The van der Waals surface area contributed by atoms with E-state index in [9.17, 15) is 5.11 Å². The van der Waals surface area contributed by atoms with Gasteiger partial charge in [0.1, 0.15) is 12.4 Å². The normalized spacial score (nSPS) is 18.7. The summed E-state index contributed by atoms with van der Waals surface area (Å²) in [5.41, 5.74) is 0. The topological polar surface area (TPSA) is 35.5 Å². The summed E-state index contributed by atoms with van der Waals surface area (Å²) in [6.45, 7) is 4.08. The first-order valence-corrected chi connectivity index (χ1v) is 9.79. The van der Waals surface area contributed by atoms with Gasteiger partial charge in [0.2, 0.25) is 0 Å². The summed E-state index contributed by atoms with van der Waals surface area (Å²) < 4.78 is 0. The maximum atomic E-state index is 9.66. The molecule has 0 amide bonds. The predicted octanol–water partition coefficient (Wildman–Crippen LogP) is 5.28. The van der Waals surface area contributed by atoms with Crippen molar-refractivity contribution in [1.82, 2.24) is 10.2 Å². The third-order valence-electron chi connectivity index (χ3n) is 4.57. The van der Waals surface area contributed by atoms with Gasteiger partial charge in [0, 0.05) is 12.4 Å². The molecule has 0 bridgehead atoms. The molecule has 0 radical (unpaired) electrons. The van der Waals surface area contributed by atoms with Gasteiger partial charge in [-0.1, -0.05) is 57.6 Å². The zero-order valence-electron chi connectivity index (χ0n) is 15.3. The molecule has 2 atom stereocenters. The monoisotopic (exact) mass is 322 g/mol. The number of rotatable bonds is 14. The first-order valence-electron chi connectivity index (χ1n) is 9.79. The van der Waals surface area contributed by atoms with Crippen molar-refractivity contribution in [2.24, 2.45) is 0 Å².